The molecule has 0 N–H and O–H groups in total. The van der Waals surface area contributed by atoms with Gasteiger partial charge in [-0.3, -0.25) is 9.10 Å². The molecule has 1 aromatic rings. The van der Waals surface area contributed by atoms with Crippen molar-refractivity contribution in [2.45, 2.75) is 31.4 Å². The van der Waals surface area contributed by atoms with Crippen molar-refractivity contribution in [2.24, 2.45) is 5.92 Å². The minimum absolute atomic E-state index is 0.344. The average molecular weight is 311 g/mol. The second-order valence-corrected chi connectivity index (χ2v) is 7.22. The molecule has 0 aliphatic heterocycles. The molecule has 5 nitrogen and oxygen atoms in total. The van der Waals surface area contributed by atoms with Gasteiger partial charge in [-0.15, -0.1) is 0 Å². The summed E-state index contributed by atoms with van der Waals surface area (Å²) in [5.41, 5.74) is 0.635. The highest BCUT2D eigenvalue weighted by molar-refractivity contribution is 7.93. The molecule has 0 saturated heterocycles. The highest BCUT2D eigenvalue weighted by Gasteiger charge is 2.44. The van der Waals surface area contributed by atoms with E-state index >= 15 is 0 Å². The van der Waals surface area contributed by atoms with Gasteiger partial charge in [-0.2, -0.15) is 0 Å². The number of carbonyl (C=O) groups is 1. The number of sulfonamides is 1. The number of rotatable bonds is 5. The number of carbonyl (C=O) groups excluding carboxylic acids is 1. The van der Waals surface area contributed by atoms with Gasteiger partial charge < -0.3 is 4.74 Å². The fourth-order valence-electron chi connectivity index (χ4n) is 2.97. The highest BCUT2D eigenvalue weighted by Crippen LogP contribution is 2.35. The second kappa shape index (κ2) is 6.47. The monoisotopic (exact) mass is 311 g/mol. The summed E-state index contributed by atoms with van der Waals surface area (Å²) in [5, 5.41) is -0.690. The maximum atomic E-state index is 12.9. The van der Waals surface area contributed by atoms with Crippen LogP contribution >= 0.6 is 0 Å². The first-order valence-electron chi connectivity index (χ1n) is 7.16. The van der Waals surface area contributed by atoms with Crippen LogP contribution in [0.2, 0.25) is 0 Å². The second-order valence-electron chi connectivity index (χ2n) is 5.14. The molecular weight excluding hydrogens is 290 g/mol. The van der Waals surface area contributed by atoms with E-state index in [1.165, 1.54) is 11.4 Å². The summed E-state index contributed by atoms with van der Waals surface area (Å²) in [6.07, 6.45) is 1.81. The quantitative estimate of drug-likeness (QED) is 0.782. The van der Waals surface area contributed by atoms with Crippen LogP contribution in [0.5, 0.6) is 0 Å². The van der Waals surface area contributed by atoms with Crippen LogP contribution < -0.4 is 4.31 Å². The van der Waals surface area contributed by atoms with Gasteiger partial charge in [-0.1, -0.05) is 24.6 Å². The summed E-state index contributed by atoms with van der Waals surface area (Å²) >= 11 is 0. The smallest absolute Gasteiger partial charge is 0.310 e. The summed E-state index contributed by atoms with van der Waals surface area (Å²) in [6.45, 7) is 2.14. The highest BCUT2D eigenvalue weighted by atomic mass is 32.2. The maximum Gasteiger partial charge on any atom is 0.310 e. The lowest BCUT2D eigenvalue weighted by Crippen LogP contribution is -2.42. The van der Waals surface area contributed by atoms with Crippen molar-refractivity contribution in [3.05, 3.63) is 30.3 Å². The van der Waals surface area contributed by atoms with Crippen LogP contribution in [-0.4, -0.2) is 33.3 Å². The Morgan fingerprint density at radius 3 is 2.52 bits per heavy atom. The van der Waals surface area contributed by atoms with Gasteiger partial charge in [0.05, 0.1) is 24.0 Å². The zero-order valence-electron chi connectivity index (χ0n) is 12.4. The zero-order valence-corrected chi connectivity index (χ0v) is 13.2. The average Bonchev–Trinajstić information content (AvgIpc) is 2.98. The van der Waals surface area contributed by atoms with Crippen molar-refractivity contribution in [3.8, 4) is 0 Å². The number of hydrogen-bond donors (Lipinski definition) is 0. The molecule has 0 aromatic heterocycles. The number of nitrogens with zero attached hydrogens (tertiary/aromatic N) is 1. The molecule has 116 valence electrons. The van der Waals surface area contributed by atoms with Crippen molar-refractivity contribution >= 4 is 21.7 Å². The lowest BCUT2D eigenvalue weighted by molar-refractivity contribution is -0.145. The lowest BCUT2D eigenvalue weighted by Gasteiger charge is -2.28. The van der Waals surface area contributed by atoms with Crippen LogP contribution in [0.3, 0.4) is 0 Å². The van der Waals surface area contributed by atoms with Gasteiger partial charge in [0.1, 0.15) is 0 Å². The van der Waals surface area contributed by atoms with E-state index in [4.69, 9.17) is 4.74 Å². The molecule has 2 atom stereocenters. The molecule has 0 amide bonds. The Morgan fingerprint density at radius 1 is 1.29 bits per heavy atom. The molecule has 21 heavy (non-hydrogen) atoms. The number of ether oxygens (including phenoxy) is 1. The van der Waals surface area contributed by atoms with Crippen LogP contribution in [0.4, 0.5) is 5.69 Å². The predicted molar refractivity (Wildman–Crippen MR) is 81.5 cm³/mol. The van der Waals surface area contributed by atoms with Crippen LogP contribution in [0, 0.1) is 5.92 Å². The number of anilines is 1. The zero-order chi connectivity index (χ0) is 15.5. The third kappa shape index (κ3) is 3.05. The SMILES string of the molecule is CCN(c1ccccc1)S(=O)(=O)C1CCCC1C(=O)OC. The van der Waals surface area contributed by atoms with E-state index in [9.17, 15) is 13.2 Å². The molecule has 0 heterocycles. The van der Waals surface area contributed by atoms with Crippen molar-refractivity contribution in [3.63, 3.8) is 0 Å². The third-order valence-electron chi connectivity index (χ3n) is 3.98. The molecule has 1 fully saturated rings. The number of hydrogen-bond acceptors (Lipinski definition) is 4. The largest absolute Gasteiger partial charge is 0.469 e. The topological polar surface area (TPSA) is 63.7 Å². The minimum atomic E-state index is -3.58. The van der Waals surface area contributed by atoms with E-state index in [0.717, 1.165) is 6.42 Å². The molecule has 6 heteroatoms. The molecule has 0 radical (unpaired) electrons. The van der Waals surface area contributed by atoms with Crippen LogP contribution in [0.1, 0.15) is 26.2 Å². The first-order chi connectivity index (χ1) is 10.0. The Morgan fingerprint density at radius 2 is 1.95 bits per heavy atom. The van der Waals surface area contributed by atoms with Crippen LogP contribution in [-0.2, 0) is 19.6 Å². The van der Waals surface area contributed by atoms with Gasteiger partial charge in [-0.05, 0) is 31.9 Å². The lowest BCUT2D eigenvalue weighted by atomic mass is 10.1. The van der Waals surface area contributed by atoms with E-state index in [1.54, 1.807) is 31.2 Å². The first-order valence-corrected chi connectivity index (χ1v) is 8.67. The fraction of sp³-hybridized carbons (Fsp3) is 0.533. The van der Waals surface area contributed by atoms with E-state index < -0.39 is 27.2 Å². The van der Waals surface area contributed by atoms with Gasteiger partial charge in [0.2, 0.25) is 10.0 Å². The Labute approximate surface area is 126 Å². The third-order valence-corrected chi connectivity index (χ3v) is 6.39. The summed E-state index contributed by atoms with van der Waals surface area (Å²) < 4.78 is 32.0. The van der Waals surface area contributed by atoms with Crippen LogP contribution in [0.25, 0.3) is 0 Å². The van der Waals surface area contributed by atoms with Crippen molar-refractivity contribution < 1.29 is 17.9 Å². The molecule has 1 aromatic carbocycles. The Balaban J connectivity index is 2.33. The molecule has 2 unspecified atom stereocenters. The molecule has 2 rings (SSSR count). The van der Waals surface area contributed by atoms with E-state index in [2.05, 4.69) is 0 Å². The summed E-state index contributed by atoms with van der Waals surface area (Å²) in [6, 6.07) is 8.99. The molecule has 1 aliphatic carbocycles. The van der Waals surface area contributed by atoms with Crippen molar-refractivity contribution in [2.75, 3.05) is 18.0 Å². The molecule has 1 aliphatic rings. The molecule has 0 bridgehead atoms. The van der Waals surface area contributed by atoms with Gasteiger partial charge in [-0.25, -0.2) is 8.42 Å². The first kappa shape index (κ1) is 15.8. The number of benzene rings is 1. The van der Waals surface area contributed by atoms with Gasteiger partial charge in [0.15, 0.2) is 0 Å². The van der Waals surface area contributed by atoms with Gasteiger partial charge in [0.25, 0.3) is 0 Å². The normalized spacial score (nSPS) is 22.0. The predicted octanol–water partition coefficient (Wildman–Crippen LogP) is 2.18. The van der Waals surface area contributed by atoms with Crippen LogP contribution in [0.15, 0.2) is 30.3 Å². The van der Waals surface area contributed by atoms with Gasteiger partial charge >= 0.3 is 5.97 Å². The van der Waals surface area contributed by atoms with Gasteiger partial charge in [0, 0.05) is 6.54 Å². The Hall–Kier alpha value is -1.56. The van der Waals surface area contributed by atoms with Crippen molar-refractivity contribution in [1.82, 2.24) is 0 Å². The van der Waals surface area contributed by atoms with Crippen molar-refractivity contribution in [1.29, 1.82) is 0 Å². The summed E-state index contributed by atoms with van der Waals surface area (Å²) in [4.78, 5) is 11.8. The molecule has 0 spiro atoms. The summed E-state index contributed by atoms with van der Waals surface area (Å²) in [5.74, 6) is -0.983. The number of methoxy groups -OCH3 is 1. The van der Waals surface area contributed by atoms with E-state index in [1.807, 2.05) is 6.07 Å². The molecular formula is C15H21NO4S. The number of para-hydroxylation sites is 1. The minimum Gasteiger partial charge on any atom is -0.469 e. The van der Waals surface area contributed by atoms with E-state index in [0.29, 0.717) is 25.1 Å². The number of esters is 1. The Kier molecular flexibility index (Phi) is 4.88. The fourth-order valence-corrected chi connectivity index (χ4v) is 5.20. The summed E-state index contributed by atoms with van der Waals surface area (Å²) in [7, 11) is -2.27. The standard InChI is InChI=1S/C15H21NO4S/c1-3-16(12-8-5-4-6-9-12)21(18,19)14-11-7-10-13(14)15(17)20-2/h4-6,8-9,13-14H,3,7,10-11H2,1-2H3. The Bertz CT molecular complexity index is 585. The molecule has 1 saturated carbocycles. The van der Waals surface area contributed by atoms with E-state index in [-0.39, 0.29) is 0 Å². The maximum absolute atomic E-state index is 12.9.